The van der Waals surface area contributed by atoms with Gasteiger partial charge in [0.15, 0.2) is 0 Å². The number of methoxy groups -OCH3 is 1. The molecule has 5 nitrogen and oxygen atoms in total. The summed E-state index contributed by atoms with van der Waals surface area (Å²) in [4.78, 5) is 8.96. The lowest BCUT2D eigenvalue weighted by molar-refractivity contribution is 0.416. The van der Waals surface area contributed by atoms with Crippen molar-refractivity contribution in [2.24, 2.45) is 0 Å². The van der Waals surface area contributed by atoms with E-state index in [4.69, 9.17) is 16.3 Å². The zero-order chi connectivity index (χ0) is 17.0. The number of hydrogen-bond donors (Lipinski definition) is 2. The van der Waals surface area contributed by atoms with Crippen LogP contribution in [0.15, 0.2) is 18.2 Å². The lowest BCUT2D eigenvalue weighted by atomic mass is 10.2. The largest absolute Gasteiger partial charge is 0.495 e. The van der Waals surface area contributed by atoms with E-state index in [2.05, 4.69) is 34.4 Å². The van der Waals surface area contributed by atoms with Crippen LogP contribution in [0.1, 0.15) is 31.5 Å². The highest BCUT2D eigenvalue weighted by molar-refractivity contribution is 6.31. The first-order valence-electron chi connectivity index (χ1n) is 7.66. The number of ether oxygens (including phenoxy) is 1. The van der Waals surface area contributed by atoms with E-state index in [0.717, 1.165) is 29.2 Å². The van der Waals surface area contributed by atoms with Crippen LogP contribution in [-0.2, 0) is 0 Å². The minimum Gasteiger partial charge on any atom is -0.495 e. The summed E-state index contributed by atoms with van der Waals surface area (Å²) in [5.74, 6) is 1.98. The molecule has 0 bridgehead atoms. The Morgan fingerprint density at radius 3 is 2.61 bits per heavy atom. The zero-order valence-corrected chi connectivity index (χ0v) is 15.0. The lowest BCUT2D eigenvalue weighted by Gasteiger charge is -2.15. The normalized spacial score (nSPS) is 11.9. The number of aryl methyl sites for hydroxylation is 2. The molecule has 2 rings (SSSR count). The highest BCUT2D eigenvalue weighted by Gasteiger charge is 2.10. The van der Waals surface area contributed by atoms with Gasteiger partial charge in [-0.15, -0.1) is 0 Å². The van der Waals surface area contributed by atoms with Crippen molar-refractivity contribution in [3.8, 4) is 5.75 Å². The number of nitrogens with zero attached hydrogens (tertiary/aromatic N) is 2. The Bertz CT molecular complexity index is 691. The summed E-state index contributed by atoms with van der Waals surface area (Å²) < 4.78 is 5.38. The highest BCUT2D eigenvalue weighted by atomic mass is 35.5. The molecule has 0 aliphatic rings. The zero-order valence-electron chi connectivity index (χ0n) is 14.2. The summed E-state index contributed by atoms with van der Waals surface area (Å²) in [5.41, 5.74) is 2.63. The molecule has 23 heavy (non-hydrogen) atoms. The molecular weight excluding hydrogens is 312 g/mol. The van der Waals surface area contributed by atoms with Crippen LogP contribution in [0.4, 0.5) is 17.5 Å². The van der Waals surface area contributed by atoms with Crippen molar-refractivity contribution in [3.05, 3.63) is 34.5 Å². The smallest absolute Gasteiger partial charge is 0.229 e. The van der Waals surface area contributed by atoms with Crippen molar-refractivity contribution >= 4 is 29.1 Å². The van der Waals surface area contributed by atoms with Crippen LogP contribution < -0.4 is 15.4 Å². The summed E-state index contributed by atoms with van der Waals surface area (Å²) in [6.45, 7) is 8.14. The maximum Gasteiger partial charge on any atom is 0.229 e. The summed E-state index contributed by atoms with van der Waals surface area (Å²) in [6.07, 6.45) is 1.02. The minimum absolute atomic E-state index is 0.351. The van der Waals surface area contributed by atoms with E-state index >= 15 is 0 Å². The van der Waals surface area contributed by atoms with E-state index in [0.29, 0.717) is 22.8 Å². The topological polar surface area (TPSA) is 59.1 Å². The van der Waals surface area contributed by atoms with Gasteiger partial charge in [0.2, 0.25) is 5.95 Å². The molecule has 0 saturated carbocycles. The quantitative estimate of drug-likeness (QED) is 0.801. The average molecular weight is 335 g/mol. The van der Waals surface area contributed by atoms with Crippen LogP contribution in [0.5, 0.6) is 5.75 Å². The third-order valence-corrected chi connectivity index (χ3v) is 4.00. The average Bonchev–Trinajstić information content (AvgIpc) is 2.50. The Morgan fingerprint density at radius 1 is 1.22 bits per heavy atom. The van der Waals surface area contributed by atoms with Gasteiger partial charge in [-0.2, -0.15) is 4.98 Å². The second-order valence-corrected chi connectivity index (χ2v) is 6.01. The first-order chi connectivity index (χ1) is 10.9. The molecule has 1 aromatic heterocycles. The standard InChI is InChI=1S/C17H23ClN4O/c1-6-11(3)19-16-8-12(4)20-17(22-16)21-14-7-10(2)13(18)9-15(14)23-5/h7-9,11H,6H2,1-5H3,(H2,19,20,21,22). The van der Waals surface area contributed by atoms with Crippen molar-refractivity contribution in [3.63, 3.8) is 0 Å². The Labute approximate surface area is 142 Å². The maximum absolute atomic E-state index is 6.14. The van der Waals surface area contributed by atoms with E-state index in [1.165, 1.54) is 0 Å². The number of halogens is 1. The van der Waals surface area contributed by atoms with Gasteiger partial charge in [-0.25, -0.2) is 4.98 Å². The van der Waals surface area contributed by atoms with Gasteiger partial charge in [0.05, 0.1) is 12.8 Å². The Kier molecular flexibility index (Phi) is 5.66. The fourth-order valence-electron chi connectivity index (χ4n) is 2.10. The fraction of sp³-hybridized carbons (Fsp3) is 0.412. The molecular formula is C17H23ClN4O. The molecule has 1 heterocycles. The second-order valence-electron chi connectivity index (χ2n) is 5.60. The van der Waals surface area contributed by atoms with Crippen LogP contribution in [-0.4, -0.2) is 23.1 Å². The van der Waals surface area contributed by atoms with Gasteiger partial charge in [0.1, 0.15) is 11.6 Å². The number of rotatable bonds is 6. The van der Waals surface area contributed by atoms with Crippen molar-refractivity contribution in [1.82, 2.24) is 9.97 Å². The predicted molar refractivity (Wildman–Crippen MR) is 96.2 cm³/mol. The molecule has 1 aromatic carbocycles. The summed E-state index contributed by atoms with van der Waals surface area (Å²) in [5, 5.41) is 7.25. The molecule has 1 atom stereocenters. The summed E-state index contributed by atoms with van der Waals surface area (Å²) in [7, 11) is 1.61. The number of anilines is 3. The lowest BCUT2D eigenvalue weighted by Crippen LogP contribution is -2.15. The van der Waals surface area contributed by atoms with Crippen LogP contribution >= 0.6 is 11.6 Å². The molecule has 124 valence electrons. The third-order valence-electron chi connectivity index (χ3n) is 3.59. The van der Waals surface area contributed by atoms with Crippen molar-refractivity contribution in [2.75, 3.05) is 17.7 Å². The molecule has 0 amide bonds. The summed E-state index contributed by atoms with van der Waals surface area (Å²) in [6, 6.07) is 5.99. The van der Waals surface area contributed by atoms with Crippen LogP contribution in [0, 0.1) is 13.8 Å². The Hall–Kier alpha value is -2.01. The number of hydrogen-bond acceptors (Lipinski definition) is 5. The van der Waals surface area contributed by atoms with E-state index in [1.807, 2.05) is 26.0 Å². The van der Waals surface area contributed by atoms with E-state index in [9.17, 15) is 0 Å². The first kappa shape index (κ1) is 17.3. The van der Waals surface area contributed by atoms with Crippen molar-refractivity contribution in [2.45, 2.75) is 40.2 Å². The second kappa shape index (κ2) is 7.51. The van der Waals surface area contributed by atoms with E-state index in [-0.39, 0.29) is 0 Å². The number of benzene rings is 1. The van der Waals surface area contributed by atoms with Crippen molar-refractivity contribution in [1.29, 1.82) is 0 Å². The molecule has 0 aliphatic heterocycles. The van der Waals surface area contributed by atoms with Gasteiger partial charge >= 0.3 is 0 Å². The molecule has 0 aliphatic carbocycles. The van der Waals surface area contributed by atoms with Crippen molar-refractivity contribution < 1.29 is 4.74 Å². The number of aromatic nitrogens is 2. The monoisotopic (exact) mass is 334 g/mol. The molecule has 2 N–H and O–H groups in total. The molecule has 0 radical (unpaired) electrons. The molecule has 0 fully saturated rings. The molecule has 6 heteroatoms. The third kappa shape index (κ3) is 4.48. The van der Waals surface area contributed by atoms with Gasteiger partial charge in [-0.3, -0.25) is 0 Å². The fourth-order valence-corrected chi connectivity index (χ4v) is 2.26. The van der Waals surface area contributed by atoms with Crippen LogP contribution in [0.2, 0.25) is 5.02 Å². The van der Waals surface area contributed by atoms with E-state index in [1.54, 1.807) is 13.2 Å². The van der Waals surface area contributed by atoms with Gasteiger partial charge < -0.3 is 15.4 Å². The maximum atomic E-state index is 6.14. The van der Waals surface area contributed by atoms with Crippen LogP contribution in [0.3, 0.4) is 0 Å². The predicted octanol–water partition coefficient (Wildman–Crippen LogP) is 4.71. The molecule has 0 saturated heterocycles. The molecule has 1 unspecified atom stereocenters. The Balaban J connectivity index is 2.31. The van der Waals surface area contributed by atoms with Gasteiger partial charge in [0.25, 0.3) is 0 Å². The molecule has 2 aromatic rings. The van der Waals surface area contributed by atoms with Gasteiger partial charge in [-0.1, -0.05) is 18.5 Å². The Morgan fingerprint density at radius 2 is 1.96 bits per heavy atom. The highest BCUT2D eigenvalue weighted by Crippen LogP contribution is 2.32. The van der Waals surface area contributed by atoms with Crippen LogP contribution in [0.25, 0.3) is 0 Å². The van der Waals surface area contributed by atoms with Gasteiger partial charge in [0, 0.05) is 28.9 Å². The number of nitrogens with one attached hydrogen (secondary N) is 2. The SMILES string of the molecule is CCC(C)Nc1cc(C)nc(Nc2cc(C)c(Cl)cc2OC)n1. The van der Waals surface area contributed by atoms with Gasteiger partial charge in [-0.05, 0) is 38.8 Å². The minimum atomic E-state index is 0.351. The molecule has 0 spiro atoms. The van der Waals surface area contributed by atoms with E-state index < -0.39 is 0 Å². The summed E-state index contributed by atoms with van der Waals surface area (Å²) >= 11 is 6.14. The first-order valence-corrected chi connectivity index (χ1v) is 8.04.